The fourth-order valence-corrected chi connectivity index (χ4v) is 2.97. The third-order valence-electron chi connectivity index (χ3n) is 4.32. The highest BCUT2D eigenvalue weighted by Crippen LogP contribution is 2.26. The molecule has 8 heteroatoms. The molecule has 1 amide bonds. The molecule has 0 spiro atoms. The largest absolute Gasteiger partial charge is 0.368 e. The monoisotopic (exact) mass is 357 g/mol. The highest BCUT2D eigenvalue weighted by Gasteiger charge is 2.28. The average molecular weight is 357 g/mol. The molecule has 0 N–H and O–H groups in total. The summed E-state index contributed by atoms with van der Waals surface area (Å²) < 4.78 is 7.38. The quantitative estimate of drug-likeness (QED) is 0.783. The number of aromatic nitrogens is 3. The number of hydrogen-bond acceptors (Lipinski definition) is 6. The molecule has 0 aliphatic carbocycles. The lowest BCUT2D eigenvalue weighted by Crippen LogP contribution is -2.43. The van der Waals surface area contributed by atoms with Crippen molar-refractivity contribution >= 4 is 11.7 Å². The van der Waals surface area contributed by atoms with Gasteiger partial charge in [-0.3, -0.25) is 14.6 Å². The number of rotatable bonds is 5. The number of anilines is 1. The predicted octanol–water partition coefficient (Wildman–Crippen LogP) is 0.694. The molecule has 2 aromatic rings. The molecule has 0 bridgehead atoms. The van der Waals surface area contributed by atoms with E-state index in [1.165, 1.54) is 6.07 Å². The van der Waals surface area contributed by atoms with Gasteiger partial charge in [0.1, 0.15) is 11.8 Å². The molecule has 1 saturated heterocycles. The number of carbonyl (C=O) groups excluding carboxylic acids is 1. The van der Waals surface area contributed by atoms with E-state index in [1.54, 1.807) is 40.2 Å². The summed E-state index contributed by atoms with van der Waals surface area (Å²) in [6, 6.07) is 4.97. The molecule has 26 heavy (non-hydrogen) atoms. The Morgan fingerprint density at radius 3 is 2.88 bits per heavy atom. The van der Waals surface area contributed by atoms with Gasteiger partial charge >= 0.3 is 0 Å². The van der Waals surface area contributed by atoms with E-state index < -0.39 is 0 Å². The third kappa shape index (κ3) is 4.08. The van der Waals surface area contributed by atoms with Crippen molar-refractivity contribution in [2.24, 2.45) is 0 Å². The van der Waals surface area contributed by atoms with E-state index in [0.29, 0.717) is 26.2 Å². The lowest BCUT2D eigenvalue weighted by molar-refractivity contribution is -0.139. The Labute approximate surface area is 152 Å². The smallest absolute Gasteiger partial charge is 0.250 e. The van der Waals surface area contributed by atoms with Gasteiger partial charge in [-0.25, -0.2) is 4.98 Å². The number of morpholine rings is 1. The van der Waals surface area contributed by atoms with Crippen molar-refractivity contribution < 1.29 is 9.53 Å². The molecule has 0 saturated carbocycles. The first-order valence-corrected chi connectivity index (χ1v) is 8.59. The van der Waals surface area contributed by atoms with Crippen LogP contribution in [0.5, 0.6) is 0 Å². The minimum atomic E-state index is -0.307. The summed E-state index contributed by atoms with van der Waals surface area (Å²) in [4.78, 5) is 36.7. The van der Waals surface area contributed by atoms with Crippen LogP contribution in [0.4, 0.5) is 5.82 Å². The van der Waals surface area contributed by atoms with Crippen LogP contribution in [0.25, 0.3) is 0 Å². The maximum Gasteiger partial charge on any atom is 0.250 e. The van der Waals surface area contributed by atoms with E-state index in [2.05, 4.69) is 9.97 Å². The van der Waals surface area contributed by atoms with Gasteiger partial charge in [0.05, 0.1) is 13.2 Å². The second-order valence-electron chi connectivity index (χ2n) is 6.34. The summed E-state index contributed by atoms with van der Waals surface area (Å²) in [5.41, 5.74) is 0.629. The number of carbonyl (C=O) groups is 1. The Morgan fingerprint density at radius 1 is 1.31 bits per heavy atom. The first-order valence-electron chi connectivity index (χ1n) is 8.59. The van der Waals surface area contributed by atoms with Gasteiger partial charge in [-0.2, -0.15) is 0 Å². The predicted molar refractivity (Wildman–Crippen MR) is 97.0 cm³/mol. The van der Waals surface area contributed by atoms with Crippen molar-refractivity contribution in [1.82, 2.24) is 19.4 Å². The van der Waals surface area contributed by atoms with Crippen molar-refractivity contribution in [2.75, 3.05) is 38.7 Å². The minimum Gasteiger partial charge on any atom is -0.368 e. The van der Waals surface area contributed by atoms with Gasteiger partial charge in [0.15, 0.2) is 5.82 Å². The average Bonchev–Trinajstić information content (AvgIpc) is 2.67. The normalized spacial score (nSPS) is 17.2. The van der Waals surface area contributed by atoms with Gasteiger partial charge in [-0.15, -0.1) is 0 Å². The molecule has 0 radical (unpaired) electrons. The van der Waals surface area contributed by atoms with Crippen molar-refractivity contribution in [2.45, 2.75) is 19.1 Å². The number of ether oxygens (including phenoxy) is 1. The maximum atomic E-state index is 12.6. The molecule has 3 rings (SSSR count). The van der Waals surface area contributed by atoms with Crippen LogP contribution >= 0.6 is 0 Å². The number of nitrogens with zero attached hydrogens (tertiary/aromatic N) is 5. The summed E-state index contributed by atoms with van der Waals surface area (Å²) in [7, 11) is 3.80. The Balaban J connectivity index is 1.66. The first-order chi connectivity index (χ1) is 12.6. The molecule has 8 nitrogen and oxygen atoms in total. The van der Waals surface area contributed by atoms with Gasteiger partial charge in [0, 0.05) is 58.3 Å². The number of aryl methyl sites for hydroxylation is 1. The molecule has 1 fully saturated rings. The zero-order valence-corrected chi connectivity index (χ0v) is 15.0. The van der Waals surface area contributed by atoms with E-state index in [9.17, 15) is 9.59 Å². The van der Waals surface area contributed by atoms with E-state index in [0.717, 1.165) is 11.5 Å². The topological polar surface area (TPSA) is 80.6 Å². The van der Waals surface area contributed by atoms with Gasteiger partial charge in [0.2, 0.25) is 5.91 Å². The molecule has 0 unspecified atom stereocenters. The highest BCUT2D eigenvalue weighted by molar-refractivity contribution is 5.76. The molecule has 1 aliphatic heterocycles. The second-order valence-corrected chi connectivity index (χ2v) is 6.34. The Hall–Kier alpha value is -2.74. The standard InChI is InChI=1S/C18H23N5O3/c1-21(2)18-17(19-7-8-20-18)14-13-23(11-12-26-14)16(25)6-10-22-9-4-3-5-15(22)24/h3-5,7-9,14H,6,10-13H2,1-2H3/t14-/m0/s1. The molecular weight excluding hydrogens is 334 g/mol. The summed E-state index contributed by atoms with van der Waals surface area (Å²) in [6.45, 7) is 1.79. The van der Waals surface area contributed by atoms with Crippen LogP contribution in [0, 0.1) is 0 Å². The van der Waals surface area contributed by atoms with Gasteiger partial charge in [-0.05, 0) is 6.07 Å². The zero-order valence-electron chi connectivity index (χ0n) is 15.0. The summed E-state index contributed by atoms with van der Waals surface area (Å²) in [5.74, 6) is 0.743. The Bertz CT molecular complexity index is 820. The SMILES string of the molecule is CN(C)c1nccnc1[C@@H]1CN(C(=O)CCn2ccccc2=O)CCO1. The van der Waals surface area contributed by atoms with E-state index >= 15 is 0 Å². The lowest BCUT2D eigenvalue weighted by atomic mass is 10.1. The van der Waals surface area contributed by atoms with E-state index in [1.807, 2.05) is 19.0 Å². The van der Waals surface area contributed by atoms with Crippen LogP contribution in [0.3, 0.4) is 0 Å². The molecule has 1 atom stereocenters. The van der Waals surface area contributed by atoms with Gasteiger partial charge in [0.25, 0.3) is 5.56 Å². The molecule has 2 aromatic heterocycles. The molecule has 138 valence electrons. The first kappa shape index (κ1) is 18.1. The van der Waals surface area contributed by atoms with Crippen LogP contribution < -0.4 is 10.5 Å². The van der Waals surface area contributed by atoms with Crippen LogP contribution in [0.2, 0.25) is 0 Å². The third-order valence-corrected chi connectivity index (χ3v) is 4.32. The van der Waals surface area contributed by atoms with Crippen LogP contribution in [-0.2, 0) is 16.1 Å². The zero-order chi connectivity index (χ0) is 18.5. The van der Waals surface area contributed by atoms with E-state index in [-0.39, 0.29) is 24.0 Å². The highest BCUT2D eigenvalue weighted by atomic mass is 16.5. The number of hydrogen-bond donors (Lipinski definition) is 0. The van der Waals surface area contributed by atoms with E-state index in [4.69, 9.17) is 4.74 Å². The second kappa shape index (κ2) is 8.09. The van der Waals surface area contributed by atoms with Crippen LogP contribution in [0.15, 0.2) is 41.6 Å². The minimum absolute atomic E-state index is 0.00402. The molecule has 1 aliphatic rings. The summed E-state index contributed by atoms with van der Waals surface area (Å²) in [6.07, 6.45) is 4.94. The van der Waals surface area contributed by atoms with Crippen LogP contribution in [0.1, 0.15) is 18.2 Å². The van der Waals surface area contributed by atoms with Crippen molar-refractivity contribution in [3.05, 3.63) is 52.8 Å². The molecule has 0 aromatic carbocycles. The maximum absolute atomic E-state index is 12.6. The molecular formula is C18H23N5O3. The van der Waals surface area contributed by atoms with Crippen molar-refractivity contribution in [3.63, 3.8) is 0 Å². The van der Waals surface area contributed by atoms with Crippen molar-refractivity contribution in [3.8, 4) is 0 Å². The fraction of sp³-hybridized carbons (Fsp3) is 0.444. The summed E-state index contributed by atoms with van der Waals surface area (Å²) >= 11 is 0. The van der Waals surface area contributed by atoms with Crippen molar-refractivity contribution in [1.29, 1.82) is 0 Å². The van der Waals surface area contributed by atoms with Crippen LogP contribution in [-0.4, -0.2) is 59.1 Å². The van der Waals surface area contributed by atoms with Gasteiger partial charge < -0.3 is 19.1 Å². The Morgan fingerprint density at radius 2 is 2.12 bits per heavy atom. The number of amides is 1. The Kier molecular flexibility index (Phi) is 5.62. The summed E-state index contributed by atoms with van der Waals surface area (Å²) in [5, 5.41) is 0. The fourth-order valence-electron chi connectivity index (χ4n) is 2.97. The molecule has 3 heterocycles. The van der Waals surface area contributed by atoms with Gasteiger partial charge in [-0.1, -0.05) is 6.07 Å². The number of pyridine rings is 1. The lowest BCUT2D eigenvalue weighted by Gasteiger charge is -2.33.